The van der Waals surface area contributed by atoms with Gasteiger partial charge in [0.1, 0.15) is 0 Å². The molecule has 3 rings (SSSR count). The van der Waals surface area contributed by atoms with Crippen molar-refractivity contribution in [3.05, 3.63) is 60.4 Å². The molecule has 0 atom stereocenters. The second kappa shape index (κ2) is 8.45. The summed E-state index contributed by atoms with van der Waals surface area (Å²) in [5, 5.41) is 3.19. The van der Waals surface area contributed by atoms with Crippen molar-refractivity contribution in [3.8, 4) is 0 Å². The highest BCUT2D eigenvalue weighted by molar-refractivity contribution is 5.81. The highest BCUT2D eigenvalue weighted by atomic mass is 16.2. The molecule has 0 aliphatic carbocycles. The molecule has 1 amide bonds. The number of pyridine rings is 1. The first-order chi connectivity index (χ1) is 11.8. The molecule has 0 unspecified atom stereocenters. The summed E-state index contributed by atoms with van der Waals surface area (Å²) < 4.78 is 0. The monoisotopic (exact) mass is 324 g/mol. The van der Waals surface area contributed by atoms with Gasteiger partial charge in [0.2, 0.25) is 5.91 Å². The van der Waals surface area contributed by atoms with E-state index in [1.54, 1.807) is 6.20 Å². The molecule has 5 heteroatoms. The van der Waals surface area contributed by atoms with Gasteiger partial charge in [-0.05, 0) is 30.2 Å². The number of anilines is 1. The number of carbonyl (C=O) groups is 1. The fraction of sp³-hybridized carbons (Fsp3) is 0.368. The van der Waals surface area contributed by atoms with Crippen LogP contribution in [0.2, 0.25) is 0 Å². The molecule has 1 N–H and O–H groups in total. The van der Waals surface area contributed by atoms with Crippen molar-refractivity contribution < 1.29 is 4.79 Å². The Morgan fingerprint density at radius 2 is 1.83 bits per heavy atom. The standard InChI is InChI=1S/C19H24N4O/c24-19(16-21-18-6-2-1-3-7-18)23-13-11-22(12-14-23)10-8-17-5-4-9-20-15-17/h1-7,9,15,21H,8,10-14,16H2. The highest BCUT2D eigenvalue weighted by Crippen LogP contribution is 2.07. The number of nitrogens with zero attached hydrogens (tertiary/aromatic N) is 3. The predicted octanol–water partition coefficient (Wildman–Crippen LogP) is 1.88. The minimum absolute atomic E-state index is 0.172. The van der Waals surface area contributed by atoms with Gasteiger partial charge in [-0.1, -0.05) is 24.3 Å². The van der Waals surface area contributed by atoms with E-state index >= 15 is 0 Å². The van der Waals surface area contributed by atoms with Crippen LogP contribution in [-0.2, 0) is 11.2 Å². The molecule has 1 aliphatic heterocycles. The van der Waals surface area contributed by atoms with Gasteiger partial charge in [-0.2, -0.15) is 0 Å². The lowest BCUT2D eigenvalue weighted by molar-refractivity contribution is -0.131. The number of para-hydroxylation sites is 1. The van der Waals surface area contributed by atoms with Crippen LogP contribution in [0.5, 0.6) is 0 Å². The lowest BCUT2D eigenvalue weighted by Gasteiger charge is -2.34. The topological polar surface area (TPSA) is 48.5 Å². The number of hydrogen-bond donors (Lipinski definition) is 1. The molecule has 126 valence electrons. The van der Waals surface area contributed by atoms with E-state index in [1.807, 2.05) is 47.5 Å². The zero-order valence-electron chi connectivity index (χ0n) is 13.9. The maximum absolute atomic E-state index is 12.3. The normalized spacial score (nSPS) is 15.2. The molecule has 2 aromatic rings. The molecular formula is C19H24N4O. The third-order valence-electron chi connectivity index (χ3n) is 4.38. The van der Waals surface area contributed by atoms with Crippen LogP contribution >= 0.6 is 0 Å². The summed E-state index contributed by atoms with van der Waals surface area (Å²) in [6.45, 7) is 4.88. The van der Waals surface area contributed by atoms with Crippen molar-refractivity contribution in [1.29, 1.82) is 0 Å². The summed E-state index contributed by atoms with van der Waals surface area (Å²) in [6, 6.07) is 13.9. The van der Waals surface area contributed by atoms with Crippen molar-refractivity contribution >= 4 is 11.6 Å². The zero-order valence-corrected chi connectivity index (χ0v) is 13.9. The van der Waals surface area contributed by atoms with Crippen molar-refractivity contribution in [2.45, 2.75) is 6.42 Å². The SMILES string of the molecule is O=C(CNc1ccccc1)N1CCN(CCc2cccnc2)CC1. The van der Waals surface area contributed by atoms with Gasteiger partial charge in [-0.15, -0.1) is 0 Å². The van der Waals surface area contributed by atoms with Crippen LogP contribution < -0.4 is 5.32 Å². The molecule has 1 aliphatic rings. The Balaban J connectivity index is 1.37. The molecule has 0 radical (unpaired) electrons. The van der Waals surface area contributed by atoms with Gasteiger partial charge in [0.25, 0.3) is 0 Å². The van der Waals surface area contributed by atoms with Crippen molar-refractivity contribution in [1.82, 2.24) is 14.8 Å². The summed E-state index contributed by atoms with van der Waals surface area (Å²) in [5.41, 5.74) is 2.25. The maximum Gasteiger partial charge on any atom is 0.241 e. The van der Waals surface area contributed by atoms with Gasteiger partial charge < -0.3 is 10.2 Å². The van der Waals surface area contributed by atoms with E-state index in [2.05, 4.69) is 21.3 Å². The molecular weight excluding hydrogens is 300 g/mol. The molecule has 0 spiro atoms. The number of aromatic nitrogens is 1. The van der Waals surface area contributed by atoms with Crippen LogP contribution in [0.15, 0.2) is 54.9 Å². The van der Waals surface area contributed by atoms with E-state index in [9.17, 15) is 4.79 Å². The van der Waals surface area contributed by atoms with Gasteiger partial charge in [-0.25, -0.2) is 0 Å². The molecule has 1 fully saturated rings. The number of hydrogen-bond acceptors (Lipinski definition) is 4. The third-order valence-corrected chi connectivity index (χ3v) is 4.38. The first-order valence-electron chi connectivity index (χ1n) is 8.49. The van der Waals surface area contributed by atoms with E-state index in [1.165, 1.54) is 5.56 Å². The van der Waals surface area contributed by atoms with Gasteiger partial charge >= 0.3 is 0 Å². The van der Waals surface area contributed by atoms with Crippen LogP contribution in [0.25, 0.3) is 0 Å². The van der Waals surface area contributed by atoms with Crippen molar-refractivity contribution in [3.63, 3.8) is 0 Å². The second-order valence-electron chi connectivity index (χ2n) is 6.05. The van der Waals surface area contributed by atoms with Crippen molar-refractivity contribution in [2.24, 2.45) is 0 Å². The second-order valence-corrected chi connectivity index (χ2v) is 6.05. The van der Waals surface area contributed by atoms with E-state index < -0.39 is 0 Å². The molecule has 1 aromatic carbocycles. The molecule has 1 saturated heterocycles. The number of carbonyl (C=O) groups excluding carboxylic acids is 1. The van der Waals surface area contributed by atoms with E-state index in [4.69, 9.17) is 0 Å². The quantitative estimate of drug-likeness (QED) is 0.881. The first kappa shape index (κ1) is 16.5. The largest absolute Gasteiger partial charge is 0.376 e. The number of benzene rings is 1. The van der Waals surface area contributed by atoms with Gasteiger partial charge in [-0.3, -0.25) is 14.7 Å². The van der Waals surface area contributed by atoms with Gasteiger partial charge in [0, 0.05) is 50.8 Å². The van der Waals surface area contributed by atoms with Crippen molar-refractivity contribution in [2.75, 3.05) is 44.6 Å². The summed E-state index contributed by atoms with van der Waals surface area (Å²) in [7, 11) is 0. The molecule has 1 aromatic heterocycles. The van der Waals surface area contributed by atoms with Crippen LogP contribution in [0.3, 0.4) is 0 Å². The van der Waals surface area contributed by atoms with Crippen LogP contribution in [0.1, 0.15) is 5.56 Å². The van der Waals surface area contributed by atoms with Crippen LogP contribution in [-0.4, -0.2) is 60.0 Å². The summed E-state index contributed by atoms with van der Waals surface area (Å²) >= 11 is 0. The number of nitrogens with one attached hydrogen (secondary N) is 1. The van der Waals surface area contributed by atoms with Crippen LogP contribution in [0, 0.1) is 0 Å². The third kappa shape index (κ3) is 4.80. The Kier molecular flexibility index (Phi) is 5.80. The van der Waals surface area contributed by atoms with Gasteiger partial charge in [0.05, 0.1) is 6.54 Å². The fourth-order valence-corrected chi connectivity index (χ4v) is 2.90. The minimum atomic E-state index is 0.172. The highest BCUT2D eigenvalue weighted by Gasteiger charge is 2.20. The first-order valence-corrected chi connectivity index (χ1v) is 8.49. The number of piperazine rings is 1. The Hall–Kier alpha value is -2.40. The lowest BCUT2D eigenvalue weighted by Crippen LogP contribution is -2.50. The average molecular weight is 324 g/mol. The summed E-state index contributed by atoms with van der Waals surface area (Å²) in [5.74, 6) is 0.172. The van der Waals surface area contributed by atoms with Crippen LogP contribution in [0.4, 0.5) is 5.69 Å². The Bertz CT molecular complexity index is 624. The predicted molar refractivity (Wildman–Crippen MR) is 95.9 cm³/mol. The number of rotatable bonds is 6. The van der Waals surface area contributed by atoms with Gasteiger partial charge in [0.15, 0.2) is 0 Å². The molecule has 24 heavy (non-hydrogen) atoms. The molecule has 5 nitrogen and oxygen atoms in total. The number of amides is 1. The fourth-order valence-electron chi connectivity index (χ4n) is 2.90. The Morgan fingerprint density at radius 3 is 2.54 bits per heavy atom. The lowest BCUT2D eigenvalue weighted by atomic mass is 10.2. The van der Waals surface area contributed by atoms with E-state index in [0.29, 0.717) is 6.54 Å². The summed E-state index contributed by atoms with van der Waals surface area (Å²) in [4.78, 5) is 20.8. The smallest absolute Gasteiger partial charge is 0.241 e. The maximum atomic E-state index is 12.3. The van der Waals surface area contributed by atoms with E-state index in [-0.39, 0.29) is 5.91 Å². The molecule has 0 saturated carbocycles. The zero-order chi connectivity index (χ0) is 16.6. The average Bonchev–Trinajstić information content (AvgIpc) is 2.66. The Morgan fingerprint density at radius 1 is 1.04 bits per heavy atom. The van der Waals surface area contributed by atoms with E-state index in [0.717, 1.165) is 44.8 Å². The molecule has 2 heterocycles. The minimum Gasteiger partial charge on any atom is -0.376 e. The Labute approximate surface area is 143 Å². The molecule has 0 bridgehead atoms. The summed E-state index contributed by atoms with van der Waals surface area (Å²) in [6.07, 6.45) is 4.74.